The van der Waals surface area contributed by atoms with Gasteiger partial charge in [0.1, 0.15) is 11.4 Å². The van der Waals surface area contributed by atoms with E-state index in [0.717, 1.165) is 5.56 Å². The van der Waals surface area contributed by atoms with E-state index in [1.807, 2.05) is 12.1 Å². The van der Waals surface area contributed by atoms with Crippen molar-refractivity contribution >= 4 is 27.9 Å². The van der Waals surface area contributed by atoms with E-state index in [0.29, 0.717) is 33.9 Å². The van der Waals surface area contributed by atoms with Gasteiger partial charge in [-0.15, -0.1) is 10.2 Å². The Labute approximate surface area is 135 Å². The van der Waals surface area contributed by atoms with E-state index in [1.54, 1.807) is 12.1 Å². The second-order valence-corrected chi connectivity index (χ2v) is 5.84. The fourth-order valence-corrected chi connectivity index (χ4v) is 2.62. The molecule has 8 nitrogen and oxygen atoms in total. The molecular weight excluding hydrogens is 308 g/mol. The molecule has 4 aromatic rings. The molecular formula is C16H14N6O2. The molecule has 0 aliphatic heterocycles. The van der Waals surface area contributed by atoms with Crippen molar-refractivity contribution in [2.24, 2.45) is 0 Å². The molecule has 3 heterocycles. The van der Waals surface area contributed by atoms with E-state index in [-0.39, 0.29) is 16.8 Å². The molecule has 0 aliphatic carbocycles. The molecule has 0 amide bonds. The summed E-state index contributed by atoms with van der Waals surface area (Å²) in [4.78, 5) is 17.0. The highest BCUT2D eigenvalue weighted by atomic mass is 16.3. The van der Waals surface area contributed by atoms with Crippen molar-refractivity contribution in [3.05, 3.63) is 40.1 Å². The van der Waals surface area contributed by atoms with Gasteiger partial charge in [-0.25, -0.2) is 4.98 Å². The van der Waals surface area contributed by atoms with Crippen molar-refractivity contribution in [2.75, 3.05) is 5.73 Å². The Morgan fingerprint density at radius 2 is 2.04 bits per heavy atom. The fraction of sp³-hybridized carbons (Fsp3) is 0.188. The summed E-state index contributed by atoms with van der Waals surface area (Å²) in [6.07, 6.45) is 0. The number of anilines is 1. The molecule has 0 radical (unpaired) electrons. The van der Waals surface area contributed by atoms with E-state index in [2.05, 4.69) is 39.5 Å². The van der Waals surface area contributed by atoms with Gasteiger partial charge >= 0.3 is 0 Å². The molecule has 8 heteroatoms. The lowest BCUT2D eigenvalue weighted by Gasteiger charge is -2.08. The monoisotopic (exact) mass is 322 g/mol. The first kappa shape index (κ1) is 14.3. The maximum Gasteiger partial charge on any atom is 0.219 e. The Kier molecular flexibility index (Phi) is 3.05. The maximum absolute atomic E-state index is 12.8. The number of fused-ring (bicyclic) bond motifs is 2. The van der Waals surface area contributed by atoms with Gasteiger partial charge in [0.2, 0.25) is 11.3 Å². The van der Waals surface area contributed by atoms with Crippen molar-refractivity contribution in [3.8, 4) is 11.4 Å². The summed E-state index contributed by atoms with van der Waals surface area (Å²) in [6, 6.07) is 7.21. The zero-order valence-corrected chi connectivity index (χ0v) is 13.1. The Balaban J connectivity index is 2.04. The quantitative estimate of drug-likeness (QED) is 0.542. The van der Waals surface area contributed by atoms with E-state index in [4.69, 9.17) is 10.2 Å². The second-order valence-electron chi connectivity index (χ2n) is 5.84. The summed E-state index contributed by atoms with van der Waals surface area (Å²) in [7, 11) is 0. The molecule has 0 bridgehead atoms. The van der Waals surface area contributed by atoms with Crippen LogP contribution in [0.5, 0.6) is 0 Å². The molecule has 3 aromatic heterocycles. The van der Waals surface area contributed by atoms with Crippen LogP contribution in [0.15, 0.2) is 33.5 Å². The molecule has 0 atom stereocenters. The van der Waals surface area contributed by atoms with E-state index >= 15 is 0 Å². The highest BCUT2D eigenvalue weighted by Crippen LogP contribution is 2.27. The maximum atomic E-state index is 12.8. The summed E-state index contributed by atoms with van der Waals surface area (Å²) >= 11 is 0. The topological polar surface area (TPSA) is 124 Å². The van der Waals surface area contributed by atoms with E-state index < -0.39 is 0 Å². The SMILES string of the molecule is CC(C)c1ccc2oc3cc(-c4nn[nH]n4)c(N)nc3c(=O)c2c1. The number of H-pyrrole nitrogens is 1. The molecule has 0 saturated heterocycles. The number of tetrazole rings is 1. The van der Waals surface area contributed by atoms with Gasteiger partial charge < -0.3 is 10.2 Å². The highest BCUT2D eigenvalue weighted by Gasteiger charge is 2.16. The standard InChI is InChI=1S/C16H14N6O2/c1-7(2)8-3-4-11-9(5-8)14(23)13-12(24-11)6-10(15(17)18-13)16-19-21-22-20-16/h3-7H,1-2H3,(H2,17,18)(H,19,20,21,22). The van der Waals surface area contributed by atoms with Crippen LogP contribution in [-0.4, -0.2) is 25.6 Å². The Morgan fingerprint density at radius 3 is 2.75 bits per heavy atom. The third-order valence-electron chi connectivity index (χ3n) is 3.95. The number of hydrogen-bond acceptors (Lipinski definition) is 7. The number of nitrogens with two attached hydrogens (primary N) is 1. The average Bonchev–Trinajstić information content (AvgIpc) is 3.09. The lowest BCUT2D eigenvalue weighted by molar-refractivity contribution is 0.658. The summed E-state index contributed by atoms with van der Waals surface area (Å²) in [5.74, 6) is 0.749. The number of rotatable bonds is 2. The second kappa shape index (κ2) is 5.12. The van der Waals surface area contributed by atoms with Crippen molar-refractivity contribution in [1.82, 2.24) is 25.6 Å². The molecule has 24 heavy (non-hydrogen) atoms. The minimum atomic E-state index is -0.208. The number of hydrogen-bond donors (Lipinski definition) is 2. The first-order valence-electron chi connectivity index (χ1n) is 7.45. The summed E-state index contributed by atoms with van der Waals surface area (Å²) in [6.45, 7) is 4.13. The van der Waals surface area contributed by atoms with Crippen LogP contribution in [0.3, 0.4) is 0 Å². The van der Waals surface area contributed by atoms with Gasteiger partial charge in [-0.2, -0.15) is 5.21 Å². The van der Waals surface area contributed by atoms with E-state index in [9.17, 15) is 4.79 Å². The number of aromatic amines is 1. The zero-order valence-electron chi connectivity index (χ0n) is 13.1. The third-order valence-corrected chi connectivity index (χ3v) is 3.95. The van der Waals surface area contributed by atoms with Gasteiger partial charge in [0.25, 0.3) is 0 Å². The number of nitrogens with zero attached hydrogens (tertiary/aromatic N) is 4. The van der Waals surface area contributed by atoms with Crippen LogP contribution in [-0.2, 0) is 0 Å². The summed E-state index contributed by atoms with van der Waals surface area (Å²) < 4.78 is 5.85. The Morgan fingerprint density at radius 1 is 1.21 bits per heavy atom. The number of nitrogens with one attached hydrogen (secondary N) is 1. The minimum absolute atomic E-state index is 0.149. The summed E-state index contributed by atoms with van der Waals surface area (Å²) in [5.41, 5.74) is 8.29. The third kappa shape index (κ3) is 2.11. The fourth-order valence-electron chi connectivity index (χ4n) is 2.62. The molecule has 0 fully saturated rings. The lowest BCUT2D eigenvalue weighted by atomic mass is 10.0. The molecule has 0 aliphatic rings. The van der Waals surface area contributed by atoms with Gasteiger partial charge in [-0.1, -0.05) is 19.9 Å². The predicted octanol–water partition coefficient (Wildman–Crippen LogP) is 2.23. The van der Waals surface area contributed by atoms with Crippen LogP contribution in [0.25, 0.3) is 33.5 Å². The Hall–Kier alpha value is -3.29. The lowest BCUT2D eigenvalue weighted by Crippen LogP contribution is -2.07. The van der Waals surface area contributed by atoms with Crippen LogP contribution in [0.2, 0.25) is 0 Å². The molecule has 4 rings (SSSR count). The zero-order chi connectivity index (χ0) is 16.8. The largest absolute Gasteiger partial charge is 0.454 e. The molecule has 120 valence electrons. The predicted molar refractivity (Wildman–Crippen MR) is 89.5 cm³/mol. The average molecular weight is 322 g/mol. The van der Waals surface area contributed by atoms with Gasteiger partial charge in [0.05, 0.1) is 10.9 Å². The van der Waals surface area contributed by atoms with Gasteiger partial charge in [-0.05, 0) is 34.9 Å². The van der Waals surface area contributed by atoms with Gasteiger partial charge in [0, 0.05) is 0 Å². The first-order valence-corrected chi connectivity index (χ1v) is 7.45. The normalized spacial score (nSPS) is 11.6. The number of pyridine rings is 1. The van der Waals surface area contributed by atoms with Crippen molar-refractivity contribution in [2.45, 2.75) is 19.8 Å². The number of aromatic nitrogens is 5. The van der Waals surface area contributed by atoms with E-state index in [1.165, 1.54) is 0 Å². The van der Waals surface area contributed by atoms with Crippen LogP contribution in [0, 0.1) is 0 Å². The van der Waals surface area contributed by atoms with Gasteiger partial charge in [0.15, 0.2) is 11.1 Å². The van der Waals surface area contributed by atoms with Crippen molar-refractivity contribution < 1.29 is 4.42 Å². The molecule has 0 saturated carbocycles. The van der Waals surface area contributed by atoms with Gasteiger partial charge in [-0.3, -0.25) is 4.79 Å². The van der Waals surface area contributed by atoms with Crippen LogP contribution in [0.4, 0.5) is 5.82 Å². The molecule has 0 unspecified atom stereocenters. The number of nitrogen functional groups attached to an aromatic ring is 1. The van der Waals surface area contributed by atoms with Crippen LogP contribution in [0.1, 0.15) is 25.3 Å². The molecule has 3 N–H and O–H groups in total. The van der Waals surface area contributed by atoms with Crippen molar-refractivity contribution in [1.29, 1.82) is 0 Å². The highest BCUT2D eigenvalue weighted by molar-refractivity contribution is 5.91. The first-order chi connectivity index (χ1) is 11.5. The van der Waals surface area contributed by atoms with Crippen molar-refractivity contribution in [3.63, 3.8) is 0 Å². The smallest absolute Gasteiger partial charge is 0.219 e. The molecule has 1 aromatic carbocycles. The van der Waals surface area contributed by atoms with Crippen LogP contribution < -0.4 is 11.2 Å². The number of benzene rings is 1. The molecule has 0 spiro atoms. The van der Waals surface area contributed by atoms with Crippen LogP contribution >= 0.6 is 0 Å². The Bertz CT molecular complexity index is 1120. The summed E-state index contributed by atoms with van der Waals surface area (Å²) in [5, 5.41) is 14.1. The minimum Gasteiger partial charge on any atom is -0.454 e.